The van der Waals surface area contributed by atoms with Crippen molar-refractivity contribution in [2.24, 2.45) is 4.99 Å². The normalized spacial score (nSPS) is 17.8. The van der Waals surface area contributed by atoms with Crippen molar-refractivity contribution >= 4 is 5.84 Å². The Morgan fingerprint density at radius 1 is 1.50 bits per heavy atom. The van der Waals surface area contributed by atoms with Crippen LogP contribution >= 0.6 is 0 Å². The van der Waals surface area contributed by atoms with Gasteiger partial charge in [-0.2, -0.15) is 0 Å². The fourth-order valence-electron chi connectivity index (χ4n) is 1.72. The summed E-state index contributed by atoms with van der Waals surface area (Å²) in [6.07, 6.45) is 4.82. The third-order valence-electron chi connectivity index (χ3n) is 2.23. The zero-order valence-electron chi connectivity index (χ0n) is 8.48. The highest BCUT2D eigenvalue weighted by Crippen LogP contribution is 2.13. The maximum absolute atomic E-state index is 4.41. The van der Waals surface area contributed by atoms with Crippen LogP contribution < -0.4 is 5.32 Å². The predicted octanol–water partition coefficient (Wildman–Crippen LogP) is 2.35. The second-order valence-corrected chi connectivity index (χ2v) is 4.19. The summed E-state index contributed by atoms with van der Waals surface area (Å²) < 4.78 is 0. The zero-order valence-corrected chi connectivity index (χ0v) is 8.48. The van der Waals surface area contributed by atoms with Crippen molar-refractivity contribution in [3.63, 3.8) is 0 Å². The molecule has 2 nitrogen and oxygen atoms in total. The van der Waals surface area contributed by atoms with Gasteiger partial charge in [-0.25, -0.2) is 0 Å². The molecule has 1 aliphatic heterocycles. The first-order valence-electron chi connectivity index (χ1n) is 4.95. The fourth-order valence-corrected chi connectivity index (χ4v) is 1.72. The van der Waals surface area contributed by atoms with E-state index in [4.69, 9.17) is 0 Å². The first-order chi connectivity index (χ1) is 5.64. The van der Waals surface area contributed by atoms with Crippen LogP contribution in [0.1, 0.15) is 46.5 Å². The third kappa shape index (κ3) is 2.84. The second-order valence-electron chi connectivity index (χ2n) is 4.19. The van der Waals surface area contributed by atoms with Gasteiger partial charge in [0.2, 0.25) is 0 Å². The molecule has 2 heteroatoms. The highest BCUT2D eigenvalue weighted by molar-refractivity contribution is 5.84. The lowest BCUT2D eigenvalue weighted by Gasteiger charge is -2.26. The molecule has 1 heterocycles. The van der Waals surface area contributed by atoms with E-state index in [0.29, 0.717) is 0 Å². The van der Waals surface area contributed by atoms with Crippen LogP contribution in [-0.4, -0.2) is 17.9 Å². The van der Waals surface area contributed by atoms with Crippen molar-refractivity contribution < 1.29 is 0 Å². The summed E-state index contributed by atoms with van der Waals surface area (Å²) in [7, 11) is 0. The van der Waals surface area contributed by atoms with Gasteiger partial charge in [0.25, 0.3) is 0 Å². The average molecular weight is 168 g/mol. The lowest BCUT2D eigenvalue weighted by Crippen LogP contribution is -2.42. The molecule has 1 aliphatic rings. The molecule has 0 unspecified atom stereocenters. The molecular weight excluding hydrogens is 148 g/mol. The summed E-state index contributed by atoms with van der Waals surface area (Å²) in [6.45, 7) is 7.74. The summed E-state index contributed by atoms with van der Waals surface area (Å²) in [6, 6.07) is 0. The molecule has 70 valence electrons. The molecule has 1 N–H and O–H groups in total. The molecule has 0 aromatic carbocycles. The Hall–Kier alpha value is -0.530. The van der Waals surface area contributed by atoms with Crippen LogP contribution in [0.4, 0.5) is 0 Å². The van der Waals surface area contributed by atoms with Crippen LogP contribution in [0.15, 0.2) is 4.99 Å². The summed E-state index contributed by atoms with van der Waals surface area (Å²) in [5, 5.41) is 3.51. The molecule has 0 aliphatic carbocycles. The Morgan fingerprint density at radius 3 is 2.75 bits per heavy atom. The van der Waals surface area contributed by atoms with Gasteiger partial charge in [-0.05, 0) is 26.7 Å². The van der Waals surface area contributed by atoms with E-state index in [1.807, 2.05) is 0 Å². The molecular formula is C10H20N2. The van der Waals surface area contributed by atoms with Crippen LogP contribution in [0.5, 0.6) is 0 Å². The van der Waals surface area contributed by atoms with Gasteiger partial charge in [-0.15, -0.1) is 0 Å². The van der Waals surface area contributed by atoms with E-state index >= 15 is 0 Å². The van der Waals surface area contributed by atoms with Gasteiger partial charge >= 0.3 is 0 Å². The zero-order chi connectivity index (χ0) is 9.03. The largest absolute Gasteiger partial charge is 0.369 e. The fraction of sp³-hybridized carbons (Fsp3) is 0.900. The first kappa shape index (κ1) is 9.56. The van der Waals surface area contributed by atoms with Crippen molar-refractivity contribution in [3.05, 3.63) is 0 Å². The summed E-state index contributed by atoms with van der Waals surface area (Å²) in [5.41, 5.74) is 0.234. The van der Waals surface area contributed by atoms with Crippen molar-refractivity contribution in [3.8, 4) is 0 Å². The first-order valence-corrected chi connectivity index (χ1v) is 4.95. The van der Waals surface area contributed by atoms with Gasteiger partial charge in [-0.1, -0.05) is 13.3 Å². The molecule has 12 heavy (non-hydrogen) atoms. The molecule has 1 rings (SSSR count). The highest BCUT2D eigenvalue weighted by atomic mass is 15.1. The lowest BCUT2D eigenvalue weighted by molar-refractivity contribution is 0.418. The van der Waals surface area contributed by atoms with Crippen LogP contribution in [0.2, 0.25) is 0 Å². The van der Waals surface area contributed by atoms with E-state index in [9.17, 15) is 0 Å². The molecule has 0 amide bonds. The lowest BCUT2D eigenvalue weighted by atomic mass is 9.99. The van der Waals surface area contributed by atoms with Gasteiger partial charge in [0.1, 0.15) is 0 Å². The number of hydrogen-bond donors (Lipinski definition) is 1. The van der Waals surface area contributed by atoms with Gasteiger partial charge in [0.15, 0.2) is 0 Å². The number of rotatable bonds is 3. The Balaban J connectivity index is 2.37. The topological polar surface area (TPSA) is 24.4 Å². The predicted molar refractivity (Wildman–Crippen MR) is 53.7 cm³/mol. The Kier molecular flexibility index (Phi) is 3.12. The number of nitrogens with one attached hydrogen (secondary N) is 1. The van der Waals surface area contributed by atoms with Crippen molar-refractivity contribution in [1.82, 2.24) is 5.32 Å². The minimum absolute atomic E-state index is 0.234. The maximum Gasteiger partial charge on any atom is 0.0967 e. The quantitative estimate of drug-likeness (QED) is 0.687. The minimum Gasteiger partial charge on any atom is -0.369 e. The van der Waals surface area contributed by atoms with Crippen LogP contribution in [0.3, 0.4) is 0 Å². The Morgan fingerprint density at radius 2 is 2.25 bits per heavy atom. The summed E-state index contributed by atoms with van der Waals surface area (Å²) >= 11 is 0. The third-order valence-corrected chi connectivity index (χ3v) is 2.23. The molecule has 0 aromatic rings. The molecule has 0 atom stereocenters. The van der Waals surface area contributed by atoms with Gasteiger partial charge in [0, 0.05) is 18.5 Å². The molecule has 0 saturated carbocycles. The van der Waals surface area contributed by atoms with E-state index in [0.717, 1.165) is 13.0 Å². The van der Waals surface area contributed by atoms with Gasteiger partial charge in [-0.3, -0.25) is 4.99 Å². The van der Waals surface area contributed by atoms with Gasteiger partial charge in [0.05, 0.1) is 5.84 Å². The number of amidine groups is 1. The highest BCUT2D eigenvalue weighted by Gasteiger charge is 2.18. The van der Waals surface area contributed by atoms with E-state index in [-0.39, 0.29) is 5.54 Å². The van der Waals surface area contributed by atoms with E-state index in [2.05, 4.69) is 31.1 Å². The number of hydrogen-bond acceptors (Lipinski definition) is 2. The SMILES string of the molecule is CCCC(C)(C)NC1=NCCC1. The van der Waals surface area contributed by atoms with E-state index in [1.54, 1.807) is 0 Å². The molecule has 0 spiro atoms. The minimum atomic E-state index is 0.234. The molecule has 0 saturated heterocycles. The molecule has 0 radical (unpaired) electrons. The van der Waals surface area contributed by atoms with Gasteiger partial charge < -0.3 is 5.32 Å². The monoisotopic (exact) mass is 168 g/mol. The van der Waals surface area contributed by atoms with E-state index < -0.39 is 0 Å². The summed E-state index contributed by atoms with van der Waals surface area (Å²) in [4.78, 5) is 4.41. The molecule has 0 aromatic heterocycles. The van der Waals surface area contributed by atoms with Crippen LogP contribution in [0, 0.1) is 0 Å². The Bertz CT molecular complexity index is 171. The van der Waals surface area contributed by atoms with E-state index in [1.165, 1.54) is 25.1 Å². The maximum atomic E-state index is 4.41. The summed E-state index contributed by atoms with van der Waals surface area (Å²) in [5.74, 6) is 1.22. The Labute approximate surface area is 75.5 Å². The second kappa shape index (κ2) is 3.92. The van der Waals surface area contributed by atoms with Crippen molar-refractivity contribution in [1.29, 1.82) is 0 Å². The smallest absolute Gasteiger partial charge is 0.0967 e. The molecule has 0 bridgehead atoms. The molecule has 0 fully saturated rings. The number of nitrogens with zero attached hydrogens (tertiary/aromatic N) is 1. The number of aliphatic imine (C=N–C) groups is 1. The van der Waals surface area contributed by atoms with Crippen molar-refractivity contribution in [2.75, 3.05) is 6.54 Å². The van der Waals surface area contributed by atoms with Crippen molar-refractivity contribution in [2.45, 2.75) is 52.0 Å². The van der Waals surface area contributed by atoms with Crippen LogP contribution in [-0.2, 0) is 0 Å². The average Bonchev–Trinajstić information content (AvgIpc) is 2.38. The standard InChI is InChI=1S/C10H20N2/c1-4-7-10(2,3)12-9-6-5-8-11-9/h4-8H2,1-3H3,(H,11,12). The van der Waals surface area contributed by atoms with Crippen LogP contribution in [0.25, 0.3) is 0 Å².